The van der Waals surface area contributed by atoms with Crippen LogP contribution in [0, 0.1) is 0 Å². The van der Waals surface area contributed by atoms with E-state index in [9.17, 15) is 0 Å². The van der Waals surface area contributed by atoms with Crippen LogP contribution in [0.15, 0.2) is 12.5 Å². The summed E-state index contributed by atoms with van der Waals surface area (Å²) in [6, 6.07) is 0.500. The van der Waals surface area contributed by atoms with Crippen molar-refractivity contribution < 1.29 is 0 Å². The summed E-state index contributed by atoms with van der Waals surface area (Å²) in [5.74, 6) is 0. The van der Waals surface area contributed by atoms with Gasteiger partial charge < -0.3 is 14.8 Å². The fourth-order valence-corrected chi connectivity index (χ4v) is 1.83. The Morgan fingerprint density at radius 1 is 1.50 bits per heavy atom. The van der Waals surface area contributed by atoms with Gasteiger partial charge in [0.25, 0.3) is 0 Å². The minimum atomic E-state index is 0.500. The van der Waals surface area contributed by atoms with Crippen molar-refractivity contribution in [3.63, 3.8) is 0 Å². The van der Waals surface area contributed by atoms with E-state index in [0.717, 1.165) is 26.1 Å². The Kier molecular flexibility index (Phi) is 5.49. The fourth-order valence-electron chi connectivity index (χ4n) is 1.83. The minimum Gasteiger partial charge on any atom is -0.333 e. The molecule has 0 fully saturated rings. The number of nitrogens with zero attached hydrogens (tertiary/aromatic N) is 3. The molecule has 4 nitrogen and oxygen atoms in total. The van der Waals surface area contributed by atoms with Crippen molar-refractivity contribution in [1.82, 2.24) is 19.8 Å². The summed E-state index contributed by atoms with van der Waals surface area (Å²) in [6.45, 7) is 7.41. The molecule has 92 valence electrons. The normalized spacial score (nSPS) is 13.3. The van der Waals surface area contributed by atoms with E-state index in [1.54, 1.807) is 0 Å². The van der Waals surface area contributed by atoms with Crippen LogP contribution in [-0.4, -0.2) is 41.1 Å². The van der Waals surface area contributed by atoms with Crippen molar-refractivity contribution in [1.29, 1.82) is 0 Å². The summed E-state index contributed by atoms with van der Waals surface area (Å²) in [7, 11) is 4.19. The van der Waals surface area contributed by atoms with Gasteiger partial charge in [0.1, 0.15) is 0 Å². The lowest BCUT2D eigenvalue weighted by molar-refractivity contribution is 0.347. The van der Waals surface area contributed by atoms with Gasteiger partial charge >= 0.3 is 0 Å². The summed E-state index contributed by atoms with van der Waals surface area (Å²) in [6.07, 6.45) is 5.01. The van der Waals surface area contributed by atoms with E-state index >= 15 is 0 Å². The highest BCUT2D eigenvalue weighted by molar-refractivity contribution is 4.98. The van der Waals surface area contributed by atoms with E-state index in [-0.39, 0.29) is 0 Å². The SMILES string of the molecule is CCCn1cncc1CNC(C)CN(C)C. The molecule has 1 unspecified atom stereocenters. The highest BCUT2D eigenvalue weighted by atomic mass is 15.1. The van der Waals surface area contributed by atoms with Gasteiger partial charge in [0.2, 0.25) is 0 Å². The summed E-state index contributed by atoms with van der Waals surface area (Å²) >= 11 is 0. The molecular weight excluding hydrogens is 200 g/mol. The van der Waals surface area contributed by atoms with Gasteiger partial charge in [0.05, 0.1) is 12.0 Å². The third-order valence-corrected chi connectivity index (χ3v) is 2.53. The summed E-state index contributed by atoms with van der Waals surface area (Å²) < 4.78 is 2.22. The first-order valence-corrected chi connectivity index (χ1v) is 6.00. The second-order valence-corrected chi connectivity index (χ2v) is 4.62. The molecule has 0 spiro atoms. The molecule has 0 aliphatic rings. The van der Waals surface area contributed by atoms with Gasteiger partial charge in [-0.25, -0.2) is 4.98 Å². The molecule has 1 N–H and O–H groups in total. The Labute approximate surface area is 98.7 Å². The van der Waals surface area contributed by atoms with E-state index < -0.39 is 0 Å². The van der Waals surface area contributed by atoms with Crippen LogP contribution < -0.4 is 5.32 Å². The van der Waals surface area contributed by atoms with Crippen LogP contribution in [-0.2, 0) is 13.1 Å². The molecule has 0 aliphatic carbocycles. The van der Waals surface area contributed by atoms with E-state index in [1.165, 1.54) is 5.69 Å². The number of likely N-dealkylation sites (N-methyl/N-ethyl adjacent to an activating group) is 1. The van der Waals surface area contributed by atoms with E-state index in [4.69, 9.17) is 0 Å². The van der Waals surface area contributed by atoms with E-state index in [0.29, 0.717) is 6.04 Å². The zero-order valence-corrected chi connectivity index (χ0v) is 10.9. The minimum absolute atomic E-state index is 0.500. The number of nitrogens with one attached hydrogen (secondary N) is 1. The second kappa shape index (κ2) is 6.66. The van der Waals surface area contributed by atoms with Crippen LogP contribution in [0.3, 0.4) is 0 Å². The van der Waals surface area contributed by atoms with Crippen LogP contribution in [0.2, 0.25) is 0 Å². The van der Waals surface area contributed by atoms with Crippen LogP contribution in [0.1, 0.15) is 26.0 Å². The van der Waals surface area contributed by atoms with Gasteiger partial charge in [-0.05, 0) is 27.4 Å². The van der Waals surface area contributed by atoms with E-state index in [2.05, 4.69) is 47.7 Å². The molecule has 16 heavy (non-hydrogen) atoms. The van der Waals surface area contributed by atoms with Crippen molar-refractivity contribution in [2.75, 3.05) is 20.6 Å². The molecule has 0 aliphatic heterocycles. The first-order valence-electron chi connectivity index (χ1n) is 6.00. The van der Waals surface area contributed by atoms with Gasteiger partial charge in [-0.1, -0.05) is 6.92 Å². The van der Waals surface area contributed by atoms with Crippen molar-refractivity contribution in [3.8, 4) is 0 Å². The van der Waals surface area contributed by atoms with Gasteiger partial charge in [-0.2, -0.15) is 0 Å². The molecule has 0 amide bonds. The predicted molar refractivity (Wildman–Crippen MR) is 67.4 cm³/mol. The number of aromatic nitrogens is 2. The Morgan fingerprint density at radius 3 is 2.88 bits per heavy atom. The third-order valence-electron chi connectivity index (χ3n) is 2.53. The first kappa shape index (κ1) is 13.2. The van der Waals surface area contributed by atoms with Crippen molar-refractivity contribution in [2.24, 2.45) is 0 Å². The van der Waals surface area contributed by atoms with Gasteiger partial charge in [0, 0.05) is 31.9 Å². The topological polar surface area (TPSA) is 33.1 Å². The molecule has 0 saturated carbocycles. The Morgan fingerprint density at radius 2 is 2.25 bits per heavy atom. The quantitative estimate of drug-likeness (QED) is 0.758. The first-order chi connectivity index (χ1) is 7.63. The van der Waals surface area contributed by atoms with Gasteiger partial charge in [0.15, 0.2) is 0 Å². The average molecular weight is 224 g/mol. The van der Waals surface area contributed by atoms with Crippen LogP contribution in [0.4, 0.5) is 0 Å². The van der Waals surface area contributed by atoms with Crippen LogP contribution in [0.25, 0.3) is 0 Å². The molecule has 1 heterocycles. The average Bonchev–Trinajstić information content (AvgIpc) is 2.62. The van der Waals surface area contributed by atoms with Crippen molar-refractivity contribution >= 4 is 0 Å². The van der Waals surface area contributed by atoms with Crippen molar-refractivity contribution in [2.45, 2.75) is 39.4 Å². The fraction of sp³-hybridized carbons (Fsp3) is 0.750. The Bertz CT molecular complexity index is 293. The lowest BCUT2D eigenvalue weighted by Crippen LogP contribution is -2.35. The van der Waals surface area contributed by atoms with E-state index in [1.807, 2.05) is 12.5 Å². The number of hydrogen-bond acceptors (Lipinski definition) is 3. The molecule has 0 radical (unpaired) electrons. The maximum atomic E-state index is 4.19. The summed E-state index contributed by atoms with van der Waals surface area (Å²) in [5, 5.41) is 3.51. The Hall–Kier alpha value is -0.870. The smallest absolute Gasteiger partial charge is 0.0948 e. The van der Waals surface area contributed by atoms with Crippen molar-refractivity contribution in [3.05, 3.63) is 18.2 Å². The number of aryl methyl sites for hydroxylation is 1. The molecule has 1 aromatic rings. The Balaban J connectivity index is 2.38. The predicted octanol–water partition coefficient (Wildman–Crippen LogP) is 1.33. The molecule has 1 aromatic heterocycles. The highest BCUT2D eigenvalue weighted by Crippen LogP contribution is 2.01. The maximum absolute atomic E-state index is 4.19. The molecule has 1 rings (SSSR count). The molecule has 1 atom stereocenters. The van der Waals surface area contributed by atoms with Crippen LogP contribution >= 0.6 is 0 Å². The monoisotopic (exact) mass is 224 g/mol. The maximum Gasteiger partial charge on any atom is 0.0948 e. The number of hydrogen-bond donors (Lipinski definition) is 1. The molecule has 4 heteroatoms. The third kappa shape index (κ3) is 4.33. The molecule has 0 bridgehead atoms. The lowest BCUT2D eigenvalue weighted by Gasteiger charge is -2.18. The standard InChI is InChI=1S/C12H24N4/c1-5-6-16-10-13-7-12(16)8-14-11(2)9-15(3)4/h7,10-11,14H,5-6,8-9H2,1-4H3. The lowest BCUT2D eigenvalue weighted by atomic mass is 10.3. The largest absolute Gasteiger partial charge is 0.333 e. The summed E-state index contributed by atoms with van der Waals surface area (Å²) in [5.41, 5.74) is 1.27. The zero-order chi connectivity index (χ0) is 12.0. The second-order valence-electron chi connectivity index (χ2n) is 4.62. The molecule has 0 saturated heterocycles. The van der Waals surface area contributed by atoms with Crippen LogP contribution in [0.5, 0.6) is 0 Å². The molecule has 0 aromatic carbocycles. The van der Waals surface area contributed by atoms with Gasteiger partial charge in [-0.3, -0.25) is 0 Å². The number of rotatable bonds is 7. The van der Waals surface area contributed by atoms with Gasteiger partial charge in [-0.15, -0.1) is 0 Å². The molecular formula is C12H24N4. The zero-order valence-electron chi connectivity index (χ0n) is 10.9. The number of imidazole rings is 1. The summed E-state index contributed by atoms with van der Waals surface area (Å²) in [4.78, 5) is 6.39. The highest BCUT2D eigenvalue weighted by Gasteiger charge is 2.05.